The minimum absolute atomic E-state index is 0.273. The zero-order valence-electron chi connectivity index (χ0n) is 13.8. The molecule has 0 aromatic carbocycles. The van der Waals surface area contributed by atoms with E-state index < -0.39 is 0 Å². The van der Waals surface area contributed by atoms with Crippen LogP contribution in [0.5, 0.6) is 0 Å². The number of hydrogen-bond acceptors (Lipinski definition) is 6. The monoisotopic (exact) mass is 292 g/mol. The van der Waals surface area contributed by atoms with Crippen molar-refractivity contribution in [2.75, 3.05) is 24.3 Å². The van der Waals surface area contributed by atoms with Gasteiger partial charge in [0, 0.05) is 30.1 Å². The Morgan fingerprint density at radius 1 is 1.29 bits per heavy atom. The fourth-order valence-corrected chi connectivity index (χ4v) is 2.69. The molecule has 0 bridgehead atoms. The van der Waals surface area contributed by atoms with Crippen molar-refractivity contribution in [3.8, 4) is 0 Å². The van der Waals surface area contributed by atoms with Crippen molar-refractivity contribution < 1.29 is 0 Å². The van der Waals surface area contributed by atoms with E-state index in [1.165, 1.54) is 0 Å². The molecular formula is C15H28N6. The van der Waals surface area contributed by atoms with Gasteiger partial charge >= 0.3 is 0 Å². The Morgan fingerprint density at radius 2 is 1.95 bits per heavy atom. The van der Waals surface area contributed by atoms with Gasteiger partial charge in [-0.3, -0.25) is 0 Å². The zero-order valence-corrected chi connectivity index (χ0v) is 13.8. The first-order chi connectivity index (χ1) is 9.92. The third kappa shape index (κ3) is 3.63. The van der Waals surface area contributed by atoms with Gasteiger partial charge in [-0.1, -0.05) is 13.8 Å². The highest BCUT2D eigenvalue weighted by molar-refractivity contribution is 5.57. The maximum absolute atomic E-state index is 5.59. The minimum Gasteiger partial charge on any atom is -0.367 e. The molecule has 21 heavy (non-hydrogen) atoms. The summed E-state index contributed by atoms with van der Waals surface area (Å²) in [6.07, 6.45) is 2.26. The van der Waals surface area contributed by atoms with Crippen molar-refractivity contribution >= 4 is 11.6 Å². The highest BCUT2D eigenvalue weighted by atomic mass is 15.3. The number of nitrogens with zero attached hydrogens (tertiary/aromatic N) is 3. The summed E-state index contributed by atoms with van der Waals surface area (Å²) in [7, 11) is 2.18. The van der Waals surface area contributed by atoms with E-state index in [0.717, 1.165) is 36.6 Å². The third-order valence-corrected chi connectivity index (χ3v) is 4.37. The first kappa shape index (κ1) is 16.0. The van der Waals surface area contributed by atoms with E-state index in [-0.39, 0.29) is 5.92 Å². The number of aromatic nitrogens is 2. The molecule has 1 aromatic rings. The van der Waals surface area contributed by atoms with Crippen LogP contribution in [0.2, 0.25) is 0 Å². The molecule has 1 saturated heterocycles. The standard InChI is InChI=1S/C15H28N6/c1-9(2)13-18-14(11(4)15(19-13)20-16)17-12-6-7-21(5)10(3)8-12/h9-10,12H,6-8,16H2,1-5H3,(H2,17,18,19,20). The summed E-state index contributed by atoms with van der Waals surface area (Å²) in [5.74, 6) is 8.29. The molecule has 2 heterocycles. The summed E-state index contributed by atoms with van der Waals surface area (Å²) in [5, 5.41) is 3.60. The molecule has 2 unspecified atom stereocenters. The molecule has 1 fully saturated rings. The van der Waals surface area contributed by atoms with Crippen LogP contribution in [-0.4, -0.2) is 40.5 Å². The van der Waals surface area contributed by atoms with Crippen molar-refractivity contribution in [1.29, 1.82) is 0 Å². The molecule has 1 aliphatic rings. The van der Waals surface area contributed by atoms with Crippen LogP contribution in [0.25, 0.3) is 0 Å². The molecule has 0 saturated carbocycles. The molecular weight excluding hydrogens is 264 g/mol. The second-order valence-corrected chi connectivity index (χ2v) is 6.40. The quantitative estimate of drug-likeness (QED) is 0.582. The molecule has 0 amide bonds. The Hall–Kier alpha value is -1.40. The summed E-state index contributed by atoms with van der Waals surface area (Å²) < 4.78 is 0. The topological polar surface area (TPSA) is 79.1 Å². The fraction of sp³-hybridized carbons (Fsp3) is 0.733. The first-order valence-corrected chi connectivity index (χ1v) is 7.74. The number of hydrazine groups is 1. The van der Waals surface area contributed by atoms with Crippen LogP contribution >= 0.6 is 0 Å². The van der Waals surface area contributed by atoms with Crippen molar-refractivity contribution in [3.63, 3.8) is 0 Å². The Balaban J connectivity index is 2.20. The van der Waals surface area contributed by atoms with Gasteiger partial charge in [-0.15, -0.1) is 0 Å². The van der Waals surface area contributed by atoms with E-state index in [1.54, 1.807) is 0 Å². The van der Waals surface area contributed by atoms with E-state index in [4.69, 9.17) is 5.84 Å². The molecule has 2 rings (SSSR count). The highest BCUT2D eigenvalue weighted by Gasteiger charge is 2.24. The highest BCUT2D eigenvalue weighted by Crippen LogP contribution is 2.25. The van der Waals surface area contributed by atoms with Gasteiger partial charge in [0.25, 0.3) is 0 Å². The predicted molar refractivity (Wildman–Crippen MR) is 87.4 cm³/mol. The van der Waals surface area contributed by atoms with Gasteiger partial charge in [-0.2, -0.15) is 0 Å². The Bertz CT molecular complexity index is 487. The number of likely N-dealkylation sites (tertiary alicyclic amines) is 1. The molecule has 0 aliphatic carbocycles. The molecule has 6 nitrogen and oxygen atoms in total. The molecule has 0 radical (unpaired) electrons. The van der Waals surface area contributed by atoms with Crippen LogP contribution in [0.15, 0.2) is 0 Å². The molecule has 1 aromatic heterocycles. The average Bonchev–Trinajstić information content (AvgIpc) is 2.44. The first-order valence-electron chi connectivity index (χ1n) is 7.74. The Morgan fingerprint density at radius 3 is 2.52 bits per heavy atom. The number of hydrogen-bond donors (Lipinski definition) is 3. The van der Waals surface area contributed by atoms with Crippen LogP contribution in [0.4, 0.5) is 11.6 Å². The number of nitrogens with one attached hydrogen (secondary N) is 2. The van der Waals surface area contributed by atoms with E-state index in [2.05, 4.69) is 53.4 Å². The van der Waals surface area contributed by atoms with Gasteiger partial charge in [-0.05, 0) is 33.7 Å². The maximum atomic E-state index is 5.59. The minimum atomic E-state index is 0.273. The summed E-state index contributed by atoms with van der Waals surface area (Å²) >= 11 is 0. The number of nitrogen functional groups attached to an aromatic ring is 1. The number of piperidine rings is 1. The number of rotatable bonds is 4. The SMILES string of the molecule is Cc1c(NN)nc(C(C)C)nc1NC1CCN(C)C(C)C1. The lowest BCUT2D eigenvalue weighted by molar-refractivity contribution is 0.190. The van der Waals surface area contributed by atoms with Crippen LogP contribution in [0, 0.1) is 6.92 Å². The van der Waals surface area contributed by atoms with E-state index in [1.807, 2.05) is 6.92 Å². The van der Waals surface area contributed by atoms with Gasteiger partial charge in [0.15, 0.2) is 0 Å². The number of anilines is 2. The average molecular weight is 292 g/mol. The van der Waals surface area contributed by atoms with Crippen LogP contribution in [0.3, 0.4) is 0 Å². The number of nitrogens with two attached hydrogens (primary N) is 1. The summed E-state index contributed by atoms with van der Waals surface area (Å²) in [6, 6.07) is 1.05. The molecule has 1 aliphatic heterocycles. The molecule has 118 valence electrons. The normalized spacial score (nSPS) is 23.4. The maximum Gasteiger partial charge on any atom is 0.148 e. The zero-order chi connectivity index (χ0) is 15.6. The molecule has 0 spiro atoms. The summed E-state index contributed by atoms with van der Waals surface area (Å²) in [5.41, 5.74) is 3.66. The second-order valence-electron chi connectivity index (χ2n) is 6.40. The van der Waals surface area contributed by atoms with Crippen molar-refractivity contribution in [3.05, 3.63) is 11.4 Å². The summed E-state index contributed by atoms with van der Waals surface area (Å²) in [4.78, 5) is 11.6. The lowest BCUT2D eigenvalue weighted by Gasteiger charge is -2.35. The van der Waals surface area contributed by atoms with Gasteiger partial charge in [-0.25, -0.2) is 15.8 Å². The van der Waals surface area contributed by atoms with E-state index in [0.29, 0.717) is 17.9 Å². The van der Waals surface area contributed by atoms with Crippen molar-refractivity contribution in [2.45, 2.75) is 58.5 Å². The van der Waals surface area contributed by atoms with Crippen molar-refractivity contribution in [2.24, 2.45) is 5.84 Å². The smallest absolute Gasteiger partial charge is 0.148 e. The van der Waals surface area contributed by atoms with Crippen molar-refractivity contribution in [1.82, 2.24) is 14.9 Å². The van der Waals surface area contributed by atoms with Gasteiger partial charge in [0.05, 0.1) is 0 Å². The summed E-state index contributed by atoms with van der Waals surface area (Å²) in [6.45, 7) is 9.56. The van der Waals surface area contributed by atoms with Crippen LogP contribution in [0.1, 0.15) is 50.9 Å². The lowest BCUT2D eigenvalue weighted by Crippen LogP contribution is -2.42. The Kier molecular flexibility index (Phi) is 5.00. The largest absolute Gasteiger partial charge is 0.367 e. The second kappa shape index (κ2) is 6.58. The van der Waals surface area contributed by atoms with E-state index >= 15 is 0 Å². The van der Waals surface area contributed by atoms with Crippen LogP contribution in [-0.2, 0) is 0 Å². The van der Waals surface area contributed by atoms with E-state index in [9.17, 15) is 0 Å². The third-order valence-electron chi connectivity index (χ3n) is 4.37. The van der Waals surface area contributed by atoms with Gasteiger partial charge < -0.3 is 15.6 Å². The van der Waals surface area contributed by atoms with Gasteiger partial charge in [0.2, 0.25) is 0 Å². The lowest BCUT2D eigenvalue weighted by atomic mass is 9.99. The molecule has 6 heteroatoms. The fourth-order valence-electron chi connectivity index (χ4n) is 2.69. The molecule has 4 N–H and O–H groups in total. The van der Waals surface area contributed by atoms with Gasteiger partial charge in [0.1, 0.15) is 17.5 Å². The predicted octanol–water partition coefficient (Wildman–Crippen LogP) is 2.09. The Labute approximate surface area is 127 Å². The molecule has 2 atom stereocenters. The van der Waals surface area contributed by atoms with Crippen LogP contribution < -0.4 is 16.6 Å².